The Bertz CT molecular complexity index is 440. The summed E-state index contributed by atoms with van der Waals surface area (Å²) < 4.78 is 1.60. The molecule has 0 atom stereocenters. The quantitative estimate of drug-likeness (QED) is 0.642. The van der Waals surface area contributed by atoms with Crippen molar-refractivity contribution in [2.45, 2.75) is 6.92 Å². The van der Waals surface area contributed by atoms with E-state index < -0.39 is 7.12 Å². The van der Waals surface area contributed by atoms with E-state index in [1.807, 2.05) is 13.1 Å². The fourth-order valence-electron chi connectivity index (χ4n) is 1.02. The van der Waals surface area contributed by atoms with Crippen molar-refractivity contribution in [3.8, 4) is 5.13 Å². The van der Waals surface area contributed by atoms with E-state index in [9.17, 15) is 0 Å². The van der Waals surface area contributed by atoms with Crippen LogP contribution in [0.3, 0.4) is 0 Å². The molecule has 0 unspecified atom stereocenters. The summed E-state index contributed by atoms with van der Waals surface area (Å²) in [5, 5.41) is 24.0. The molecule has 14 heavy (non-hydrogen) atoms. The first kappa shape index (κ1) is 9.38. The van der Waals surface area contributed by atoms with Crippen LogP contribution in [0, 0.1) is 6.92 Å². The van der Waals surface area contributed by atoms with Crippen LogP contribution in [-0.2, 0) is 0 Å². The summed E-state index contributed by atoms with van der Waals surface area (Å²) >= 11 is 1.31. The Kier molecular flexibility index (Phi) is 2.36. The van der Waals surface area contributed by atoms with Gasteiger partial charge in [0, 0.05) is 11.6 Å². The average Bonchev–Trinajstić information content (AvgIpc) is 2.70. The Labute approximate surface area is 84.8 Å². The lowest BCUT2D eigenvalue weighted by atomic mass is 9.88. The summed E-state index contributed by atoms with van der Waals surface area (Å²) in [5.41, 5.74) is 1.28. The number of hydrogen-bond acceptors (Lipinski definition) is 5. The molecule has 7 heteroatoms. The summed E-state index contributed by atoms with van der Waals surface area (Å²) in [6.07, 6.45) is 3.54. The van der Waals surface area contributed by atoms with Crippen molar-refractivity contribution in [1.82, 2.24) is 14.8 Å². The molecule has 2 aromatic heterocycles. The molecule has 2 aromatic rings. The molecule has 0 radical (unpaired) electrons. The van der Waals surface area contributed by atoms with E-state index in [4.69, 9.17) is 10.0 Å². The SMILES string of the molecule is Cc1cnn(-c2nc(B(O)O)cs2)c1. The summed E-state index contributed by atoms with van der Waals surface area (Å²) in [6, 6.07) is 0. The van der Waals surface area contributed by atoms with Crippen LogP contribution in [0.1, 0.15) is 5.56 Å². The Balaban J connectivity index is 2.33. The lowest BCUT2D eigenvalue weighted by Crippen LogP contribution is -2.30. The Morgan fingerprint density at radius 1 is 1.50 bits per heavy atom. The van der Waals surface area contributed by atoms with Gasteiger partial charge >= 0.3 is 7.12 Å². The predicted molar refractivity (Wildman–Crippen MR) is 53.8 cm³/mol. The number of nitrogens with zero attached hydrogens (tertiary/aromatic N) is 3. The molecule has 0 saturated carbocycles. The lowest BCUT2D eigenvalue weighted by Gasteiger charge is -1.93. The van der Waals surface area contributed by atoms with Gasteiger partial charge in [0.2, 0.25) is 5.13 Å². The summed E-state index contributed by atoms with van der Waals surface area (Å²) in [6.45, 7) is 1.93. The average molecular weight is 209 g/mol. The zero-order valence-electron chi connectivity index (χ0n) is 7.45. The molecule has 5 nitrogen and oxygen atoms in total. The van der Waals surface area contributed by atoms with E-state index in [2.05, 4.69) is 10.1 Å². The van der Waals surface area contributed by atoms with E-state index in [0.717, 1.165) is 5.56 Å². The number of hydrogen-bond donors (Lipinski definition) is 2. The Morgan fingerprint density at radius 2 is 2.29 bits per heavy atom. The van der Waals surface area contributed by atoms with Crippen LogP contribution in [0.5, 0.6) is 0 Å². The van der Waals surface area contributed by atoms with E-state index in [0.29, 0.717) is 5.13 Å². The van der Waals surface area contributed by atoms with Gasteiger partial charge in [-0.3, -0.25) is 0 Å². The highest BCUT2D eigenvalue weighted by molar-refractivity contribution is 7.13. The first-order chi connectivity index (χ1) is 6.66. The van der Waals surface area contributed by atoms with Crippen LogP contribution in [0.25, 0.3) is 5.13 Å². The molecule has 0 aliphatic carbocycles. The third kappa shape index (κ3) is 1.70. The molecule has 0 aromatic carbocycles. The summed E-state index contributed by atoms with van der Waals surface area (Å²) in [4.78, 5) is 4.01. The number of aryl methyl sites for hydroxylation is 1. The molecule has 0 amide bonds. The summed E-state index contributed by atoms with van der Waals surface area (Å²) in [7, 11) is -1.52. The van der Waals surface area contributed by atoms with Gasteiger partial charge in [0.15, 0.2) is 0 Å². The van der Waals surface area contributed by atoms with Crippen LogP contribution < -0.4 is 5.59 Å². The third-order valence-electron chi connectivity index (χ3n) is 1.68. The summed E-state index contributed by atoms with van der Waals surface area (Å²) in [5.74, 6) is 0. The zero-order chi connectivity index (χ0) is 10.1. The first-order valence-corrected chi connectivity index (χ1v) is 4.88. The second-order valence-corrected chi connectivity index (χ2v) is 3.73. The van der Waals surface area contributed by atoms with Gasteiger partial charge in [-0.2, -0.15) is 5.10 Å². The number of aromatic nitrogens is 3. The molecule has 0 saturated heterocycles. The van der Waals surface area contributed by atoms with Crippen LogP contribution >= 0.6 is 11.3 Å². The second kappa shape index (κ2) is 3.53. The predicted octanol–water partition coefficient (Wildman–Crippen LogP) is -0.683. The van der Waals surface area contributed by atoms with Crippen LogP contribution in [0.4, 0.5) is 0 Å². The molecular formula is C7H8BN3O2S. The van der Waals surface area contributed by atoms with Gasteiger partial charge in [0.25, 0.3) is 0 Å². The van der Waals surface area contributed by atoms with Gasteiger partial charge in [-0.1, -0.05) is 0 Å². The molecule has 2 heterocycles. The van der Waals surface area contributed by atoms with Crippen molar-refractivity contribution in [3.05, 3.63) is 23.3 Å². The minimum atomic E-state index is -1.52. The van der Waals surface area contributed by atoms with E-state index in [1.54, 1.807) is 16.3 Å². The molecule has 0 bridgehead atoms. The van der Waals surface area contributed by atoms with Gasteiger partial charge in [0.05, 0.1) is 11.8 Å². The molecule has 0 fully saturated rings. The van der Waals surface area contributed by atoms with Crippen molar-refractivity contribution >= 4 is 24.0 Å². The number of thiazole rings is 1. The molecule has 0 spiro atoms. The van der Waals surface area contributed by atoms with Gasteiger partial charge in [-0.15, -0.1) is 11.3 Å². The minimum Gasteiger partial charge on any atom is -0.422 e. The normalized spacial score (nSPS) is 10.5. The maximum Gasteiger partial charge on any atom is 0.509 e. The largest absolute Gasteiger partial charge is 0.509 e. The van der Waals surface area contributed by atoms with Crippen LogP contribution in [0.15, 0.2) is 17.8 Å². The molecule has 0 aliphatic heterocycles. The molecule has 2 rings (SSSR count). The van der Waals surface area contributed by atoms with Crippen molar-refractivity contribution in [1.29, 1.82) is 0 Å². The van der Waals surface area contributed by atoms with Crippen molar-refractivity contribution in [2.24, 2.45) is 0 Å². The topological polar surface area (TPSA) is 71.2 Å². The molecule has 2 N–H and O–H groups in total. The molecule has 72 valence electrons. The van der Waals surface area contributed by atoms with E-state index in [-0.39, 0.29) is 5.59 Å². The highest BCUT2D eigenvalue weighted by Gasteiger charge is 2.15. The second-order valence-electron chi connectivity index (χ2n) is 2.89. The number of rotatable bonds is 2. The third-order valence-corrected chi connectivity index (χ3v) is 2.53. The fraction of sp³-hybridized carbons (Fsp3) is 0.143. The fourth-order valence-corrected chi connectivity index (χ4v) is 1.78. The van der Waals surface area contributed by atoms with Gasteiger partial charge in [-0.25, -0.2) is 9.67 Å². The van der Waals surface area contributed by atoms with Crippen molar-refractivity contribution in [3.63, 3.8) is 0 Å². The van der Waals surface area contributed by atoms with E-state index in [1.165, 1.54) is 11.3 Å². The molecule has 0 aliphatic rings. The monoisotopic (exact) mass is 209 g/mol. The molecular weight excluding hydrogens is 201 g/mol. The first-order valence-electron chi connectivity index (χ1n) is 4.00. The van der Waals surface area contributed by atoms with Crippen LogP contribution in [-0.4, -0.2) is 31.9 Å². The minimum absolute atomic E-state index is 0.248. The standard InChI is InChI=1S/C7H8BN3O2S/c1-5-2-9-11(3-5)7-10-6(4-14-7)8(12)13/h2-4,12-13H,1H3. The van der Waals surface area contributed by atoms with Gasteiger partial charge < -0.3 is 10.0 Å². The van der Waals surface area contributed by atoms with Crippen molar-refractivity contribution in [2.75, 3.05) is 0 Å². The zero-order valence-corrected chi connectivity index (χ0v) is 8.27. The Morgan fingerprint density at radius 3 is 2.79 bits per heavy atom. The van der Waals surface area contributed by atoms with Crippen LogP contribution in [0.2, 0.25) is 0 Å². The highest BCUT2D eigenvalue weighted by atomic mass is 32.1. The van der Waals surface area contributed by atoms with Gasteiger partial charge in [0.1, 0.15) is 0 Å². The maximum atomic E-state index is 8.86. The highest BCUT2D eigenvalue weighted by Crippen LogP contribution is 2.09. The maximum absolute atomic E-state index is 8.86. The van der Waals surface area contributed by atoms with Crippen molar-refractivity contribution < 1.29 is 10.0 Å². The van der Waals surface area contributed by atoms with E-state index >= 15 is 0 Å². The van der Waals surface area contributed by atoms with Gasteiger partial charge in [-0.05, 0) is 12.5 Å². The smallest absolute Gasteiger partial charge is 0.422 e. The Hall–Kier alpha value is -1.18. The lowest BCUT2D eigenvalue weighted by molar-refractivity contribution is 0.424.